The molecule has 2 N–H and O–H groups in total. The van der Waals surface area contributed by atoms with Crippen molar-refractivity contribution in [3.8, 4) is 11.1 Å². The molecule has 0 fully saturated rings. The Morgan fingerprint density at radius 3 is 2.28 bits per heavy atom. The van der Waals surface area contributed by atoms with Gasteiger partial charge in [0.2, 0.25) is 0 Å². The Bertz CT molecular complexity index is 944. The van der Waals surface area contributed by atoms with Crippen LogP contribution in [0.4, 0.5) is 0 Å². The van der Waals surface area contributed by atoms with E-state index in [-0.39, 0.29) is 11.9 Å². The van der Waals surface area contributed by atoms with E-state index in [1.807, 2.05) is 42.5 Å². The number of carbonyl (C=O) groups excluding carboxylic acids is 1. The number of amides is 1. The monoisotopic (exact) mass is 389 g/mol. The maximum atomic E-state index is 12.5. The van der Waals surface area contributed by atoms with Crippen molar-refractivity contribution >= 4 is 11.9 Å². The number of carbonyl (C=O) groups is 2. The van der Waals surface area contributed by atoms with Gasteiger partial charge in [-0.05, 0) is 35.6 Å². The fraction of sp³-hybridized carbons (Fsp3) is 0.217. The molecular formula is C23H23N3O3. The first-order chi connectivity index (χ1) is 14.0. The highest BCUT2D eigenvalue weighted by Crippen LogP contribution is 2.20. The molecule has 0 radical (unpaired) electrons. The lowest BCUT2D eigenvalue weighted by Crippen LogP contribution is -2.38. The van der Waals surface area contributed by atoms with Crippen molar-refractivity contribution in [3.63, 3.8) is 0 Å². The van der Waals surface area contributed by atoms with E-state index in [0.29, 0.717) is 18.4 Å². The van der Waals surface area contributed by atoms with Gasteiger partial charge in [-0.3, -0.25) is 9.59 Å². The molecular weight excluding hydrogens is 366 g/mol. The zero-order valence-electron chi connectivity index (χ0n) is 16.2. The van der Waals surface area contributed by atoms with Crippen LogP contribution in [0.5, 0.6) is 0 Å². The summed E-state index contributed by atoms with van der Waals surface area (Å²) >= 11 is 0. The molecule has 2 atom stereocenters. The van der Waals surface area contributed by atoms with Crippen LogP contribution in [-0.2, 0) is 11.2 Å². The molecule has 0 bridgehead atoms. The van der Waals surface area contributed by atoms with E-state index in [4.69, 9.17) is 0 Å². The van der Waals surface area contributed by atoms with Crippen molar-refractivity contribution in [2.24, 2.45) is 5.92 Å². The third kappa shape index (κ3) is 5.72. The first kappa shape index (κ1) is 20.2. The fourth-order valence-corrected chi connectivity index (χ4v) is 3.16. The molecule has 148 valence electrons. The van der Waals surface area contributed by atoms with E-state index < -0.39 is 11.9 Å². The van der Waals surface area contributed by atoms with E-state index >= 15 is 0 Å². The van der Waals surface area contributed by atoms with Gasteiger partial charge in [0.1, 0.15) is 0 Å². The van der Waals surface area contributed by atoms with Gasteiger partial charge in [0.15, 0.2) is 0 Å². The first-order valence-electron chi connectivity index (χ1n) is 9.47. The van der Waals surface area contributed by atoms with Gasteiger partial charge < -0.3 is 10.4 Å². The van der Waals surface area contributed by atoms with Crippen LogP contribution < -0.4 is 5.32 Å². The van der Waals surface area contributed by atoms with Gasteiger partial charge >= 0.3 is 5.97 Å². The lowest BCUT2D eigenvalue weighted by Gasteiger charge is -2.21. The smallest absolute Gasteiger partial charge is 0.306 e. The van der Waals surface area contributed by atoms with Gasteiger partial charge in [-0.1, -0.05) is 61.5 Å². The summed E-state index contributed by atoms with van der Waals surface area (Å²) in [6, 6.07) is 19.4. The van der Waals surface area contributed by atoms with E-state index in [1.165, 1.54) is 12.4 Å². The normalized spacial score (nSPS) is 12.7. The number of nitrogens with zero attached hydrogens (tertiary/aromatic N) is 2. The molecule has 0 aliphatic carbocycles. The minimum atomic E-state index is -0.880. The maximum absolute atomic E-state index is 12.5. The fourth-order valence-electron chi connectivity index (χ4n) is 3.16. The minimum absolute atomic E-state index is 0.289. The molecule has 29 heavy (non-hydrogen) atoms. The molecule has 3 rings (SSSR count). The molecule has 0 spiro atoms. The Balaban J connectivity index is 1.73. The second-order valence-electron chi connectivity index (χ2n) is 7.04. The van der Waals surface area contributed by atoms with Crippen LogP contribution in [0.15, 0.2) is 73.1 Å². The van der Waals surface area contributed by atoms with Gasteiger partial charge in [-0.2, -0.15) is 10.2 Å². The third-order valence-corrected chi connectivity index (χ3v) is 4.78. The SMILES string of the molecule is C[C@H](C[C@@H](Cc1ccc(-c2ccccc2)cc1)NC(=O)c1ccnnc1)C(=O)O. The van der Waals surface area contributed by atoms with Crippen molar-refractivity contribution < 1.29 is 14.7 Å². The van der Waals surface area contributed by atoms with Gasteiger partial charge in [0, 0.05) is 6.04 Å². The Morgan fingerprint density at radius 1 is 0.966 bits per heavy atom. The summed E-state index contributed by atoms with van der Waals surface area (Å²) in [5.41, 5.74) is 3.66. The summed E-state index contributed by atoms with van der Waals surface area (Å²) in [7, 11) is 0. The number of benzene rings is 2. The van der Waals surface area contributed by atoms with Crippen LogP contribution in [0.25, 0.3) is 11.1 Å². The van der Waals surface area contributed by atoms with Gasteiger partial charge in [0.05, 0.1) is 23.9 Å². The molecule has 0 unspecified atom stereocenters. The second kappa shape index (κ2) is 9.59. The number of aromatic nitrogens is 2. The van der Waals surface area contributed by atoms with Gasteiger partial charge in [-0.15, -0.1) is 0 Å². The highest BCUT2D eigenvalue weighted by Gasteiger charge is 2.21. The second-order valence-corrected chi connectivity index (χ2v) is 7.04. The van der Waals surface area contributed by atoms with E-state index in [2.05, 4.69) is 27.6 Å². The number of carboxylic acids is 1. The molecule has 0 saturated heterocycles. The van der Waals surface area contributed by atoms with E-state index in [9.17, 15) is 14.7 Å². The quantitative estimate of drug-likeness (QED) is 0.614. The summed E-state index contributed by atoms with van der Waals surface area (Å²) < 4.78 is 0. The molecule has 0 aliphatic rings. The Hall–Kier alpha value is -3.54. The lowest BCUT2D eigenvalue weighted by molar-refractivity contribution is -0.141. The molecule has 1 aromatic heterocycles. The highest BCUT2D eigenvalue weighted by atomic mass is 16.4. The molecule has 1 heterocycles. The molecule has 3 aromatic rings. The minimum Gasteiger partial charge on any atom is -0.481 e. The van der Waals surface area contributed by atoms with Crippen molar-refractivity contribution in [2.75, 3.05) is 0 Å². The average molecular weight is 389 g/mol. The molecule has 6 nitrogen and oxygen atoms in total. The first-order valence-corrected chi connectivity index (χ1v) is 9.47. The topological polar surface area (TPSA) is 92.2 Å². The lowest BCUT2D eigenvalue weighted by atomic mass is 9.94. The van der Waals surface area contributed by atoms with Gasteiger partial charge in [0.25, 0.3) is 5.91 Å². The van der Waals surface area contributed by atoms with E-state index in [1.54, 1.807) is 13.0 Å². The highest BCUT2D eigenvalue weighted by molar-refractivity contribution is 5.94. The van der Waals surface area contributed by atoms with Gasteiger partial charge in [-0.25, -0.2) is 0 Å². The molecule has 6 heteroatoms. The summed E-state index contributed by atoms with van der Waals surface area (Å²) in [6.07, 6.45) is 3.71. The van der Waals surface area contributed by atoms with Crippen LogP contribution in [0.3, 0.4) is 0 Å². The zero-order valence-corrected chi connectivity index (χ0v) is 16.2. The van der Waals surface area contributed by atoms with Crippen LogP contribution in [-0.4, -0.2) is 33.2 Å². The summed E-state index contributed by atoms with van der Waals surface area (Å²) in [6.45, 7) is 1.65. The summed E-state index contributed by atoms with van der Waals surface area (Å²) in [5, 5.41) is 19.6. The van der Waals surface area contributed by atoms with Crippen LogP contribution >= 0.6 is 0 Å². The van der Waals surface area contributed by atoms with Crippen LogP contribution in [0.2, 0.25) is 0 Å². The molecule has 1 amide bonds. The average Bonchev–Trinajstić information content (AvgIpc) is 2.75. The Morgan fingerprint density at radius 2 is 1.66 bits per heavy atom. The number of aliphatic carboxylic acids is 1. The van der Waals surface area contributed by atoms with Crippen molar-refractivity contribution in [1.82, 2.24) is 15.5 Å². The third-order valence-electron chi connectivity index (χ3n) is 4.78. The molecule has 0 aliphatic heterocycles. The Kier molecular flexibility index (Phi) is 6.68. The van der Waals surface area contributed by atoms with Crippen LogP contribution in [0.1, 0.15) is 29.3 Å². The predicted molar refractivity (Wildman–Crippen MR) is 110 cm³/mol. The molecule has 0 saturated carbocycles. The number of hydrogen-bond acceptors (Lipinski definition) is 4. The maximum Gasteiger partial charge on any atom is 0.306 e. The summed E-state index contributed by atoms with van der Waals surface area (Å²) in [4.78, 5) is 23.8. The van der Waals surface area contributed by atoms with Crippen molar-refractivity contribution in [1.29, 1.82) is 0 Å². The zero-order chi connectivity index (χ0) is 20.6. The van der Waals surface area contributed by atoms with E-state index in [0.717, 1.165) is 16.7 Å². The standard InChI is InChI=1S/C23H23N3O3/c1-16(23(28)29)13-21(26-22(27)20-11-12-24-25-15-20)14-17-7-9-19(10-8-17)18-5-3-2-4-6-18/h2-12,15-16,21H,13-14H2,1H3,(H,26,27)(H,28,29)/t16-,21+/m1/s1. The number of hydrogen-bond donors (Lipinski definition) is 2. The number of carboxylic acid groups (broad SMARTS) is 1. The Labute approximate surface area is 169 Å². The number of nitrogens with one attached hydrogen (secondary N) is 1. The largest absolute Gasteiger partial charge is 0.481 e. The van der Waals surface area contributed by atoms with Crippen molar-refractivity contribution in [2.45, 2.75) is 25.8 Å². The number of rotatable bonds is 8. The summed E-state index contributed by atoms with van der Waals surface area (Å²) in [5.74, 6) is -1.74. The predicted octanol–water partition coefficient (Wildman–Crippen LogP) is 3.60. The molecule has 2 aromatic carbocycles. The van der Waals surface area contributed by atoms with Crippen molar-refractivity contribution in [3.05, 3.63) is 84.2 Å². The van der Waals surface area contributed by atoms with Crippen LogP contribution in [0, 0.1) is 5.92 Å².